The van der Waals surface area contributed by atoms with E-state index in [9.17, 15) is 37.1 Å². The molecule has 6 aliphatic rings. The van der Waals surface area contributed by atoms with Crippen molar-refractivity contribution in [2.75, 3.05) is 55.0 Å². The molecule has 7 heterocycles. The van der Waals surface area contributed by atoms with Gasteiger partial charge < -0.3 is 35.4 Å². The van der Waals surface area contributed by atoms with Crippen LogP contribution in [0.3, 0.4) is 0 Å². The van der Waals surface area contributed by atoms with E-state index < -0.39 is 64.4 Å². The van der Waals surface area contributed by atoms with Gasteiger partial charge in [0.05, 0.1) is 17.8 Å². The molecule has 0 bridgehead atoms. The number of nitrogens with two attached hydrogens (primary N) is 1. The van der Waals surface area contributed by atoms with Crippen molar-refractivity contribution in [1.82, 2.24) is 20.1 Å². The molecule has 4 N–H and O–H groups in total. The first-order valence-corrected chi connectivity index (χ1v) is 23.4. The number of imide groups is 1. The molecule has 19 heteroatoms. The Kier molecular flexibility index (Phi) is 11.2. The molecule has 4 fully saturated rings. The molecular weight excluding hydrogens is 920 g/mol. The fraction of sp³-hybridized carbons (Fsp3) is 0.440. The summed E-state index contributed by atoms with van der Waals surface area (Å²) in [5.41, 5.74) is 7.12. The van der Waals surface area contributed by atoms with E-state index >= 15 is 4.39 Å². The van der Waals surface area contributed by atoms with Gasteiger partial charge in [0, 0.05) is 109 Å². The molecule has 0 radical (unpaired) electrons. The lowest BCUT2D eigenvalue weighted by Crippen LogP contribution is -2.52. The van der Waals surface area contributed by atoms with Gasteiger partial charge in [0.2, 0.25) is 17.7 Å². The average molecular weight is 971 g/mol. The van der Waals surface area contributed by atoms with E-state index in [1.54, 1.807) is 35.2 Å². The number of amides is 5. The van der Waals surface area contributed by atoms with Crippen LogP contribution in [0.5, 0.6) is 5.75 Å². The number of alkyl halides is 3. The van der Waals surface area contributed by atoms with Crippen molar-refractivity contribution in [1.29, 1.82) is 0 Å². The average Bonchev–Trinajstić information content (AvgIpc) is 4.11. The van der Waals surface area contributed by atoms with E-state index in [0.29, 0.717) is 55.0 Å². The number of primary amides is 1. The molecule has 4 aromatic rings. The first kappa shape index (κ1) is 46.3. The van der Waals surface area contributed by atoms with Crippen LogP contribution in [0.1, 0.15) is 89.1 Å². The number of methoxy groups -OCH3 is 1. The number of carbonyl (C=O) groups is 5. The number of pyridine rings is 1. The highest BCUT2D eigenvalue weighted by Gasteiger charge is 2.66. The molecule has 7 atom stereocenters. The SMILES string of the molecule is COc1cc(C(=O)N2C[C@@H]3CN(c4ccc5c(c4)CN(C4CCC(=O)NC4=O)C5=O)C[C@H]3C2)ccc1N1[C@@H](CC(C)(C)C)[C@@]2(CNc3cc(C(F)(F)F)ncc32)[C@@H](c2cccc(Cl)c2F)[C@@H]1C(N)=O. The number of aromatic nitrogens is 1. The Bertz CT molecular complexity index is 2830. The molecule has 1 aromatic heterocycles. The van der Waals surface area contributed by atoms with Crippen LogP contribution in [0.15, 0.2) is 66.9 Å². The van der Waals surface area contributed by atoms with Crippen LogP contribution in [0.4, 0.5) is 34.6 Å². The monoisotopic (exact) mass is 970 g/mol. The van der Waals surface area contributed by atoms with Gasteiger partial charge in [-0.15, -0.1) is 0 Å². The topological polar surface area (TPSA) is 171 Å². The molecule has 69 heavy (non-hydrogen) atoms. The second-order valence-corrected chi connectivity index (χ2v) is 20.8. The predicted molar refractivity (Wildman–Crippen MR) is 247 cm³/mol. The Labute approximate surface area is 400 Å². The largest absolute Gasteiger partial charge is 0.495 e. The summed E-state index contributed by atoms with van der Waals surface area (Å²) < 4.78 is 64.7. The smallest absolute Gasteiger partial charge is 0.433 e. The van der Waals surface area contributed by atoms with Crippen molar-refractivity contribution >= 4 is 58.2 Å². The molecule has 1 unspecified atom stereocenters. The Morgan fingerprint density at radius 2 is 1.72 bits per heavy atom. The van der Waals surface area contributed by atoms with Gasteiger partial charge in [0.25, 0.3) is 11.8 Å². The van der Waals surface area contributed by atoms with Crippen molar-refractivity contribution in [2.45, 2.75) is 82.2 Å². The number of nitrogens with zero attached hydrogens (tertiary/aromatic N) is 5. The van der Waals surface area contributed by atoms with Crippen LogP contribution < -0.4 is 30.9 Å². The number of fused-ring (bicyclic) bond motifs is 4. The highest BCUT2D eigenvalue weighted by molar-refractivity contribution is 6.30. The molecule has 5 amide bonds. The van der Waals surface area contributed by atoms with Gasteiger partial charge in [-0.3, -0.25) is 34.3 Å². The lowest BCUT2D eigenvalue weighted by Gasteiger charge is -2.41. The highest BCUT2D eigenvalue weighted by Crippen LogP contribution is 2.61. The molecule has 14 nitrogen and oxygen atoms in total. The van der Waals surface area contributed by atoms with Gasteiger partial charge in [-0.05, 0) is 77.9 Å². The third kappa shape index (κ3) is 7.69. The summed E-state index contributed by atoms with van der Waals surface area (Å²) in [6.07, 6.45) is -2.77. The second kappa shape index (κ2) is 16.6. The third-order valence-corrected chi connectivity index (χ3v) is 15.4. The molecule has 6 aliphatic heterocycles. The van der Waals surface area contributed by atoms with Crippen molar-refractivity contribution in [3.63, 3.8) is 0 Å². The van der Waals surface area contributed by atoms with E-state index in [4.69, 9.17) is 22.1 Å². The maximum absolute atomic E-state index is 16.5. The van der Waals surface area contributed by atoms with Crippen molar-refractivity contribution in [2.24, 2.45) is 23.0 Å². The van der Waals surface area contributed by atoms with Gasteiger partial charge in [-0.2, -0.15) is 13.2 Å². The molecule has 362 valence electrons. The summed E-state index contributed by atoms with van der Waals surface area (Å²) in [4.78, 5) is 77.4. The molecule has 4 saturated heterocycles. The first-order valence-electron chi connectivity index (χ1n) is 23.0. The van der Waals surface area contributed by atoms with Gasteiger partial charge in [0.1, 0.15) is 29.3 Å². The number of rotatable bonds is 8. The number of ether oxygens (including phenoxy) is 1. The molecule has 10 rings (SSSR count). The maximum atomic E-state index is 16.5. The van der Waals surface area contributed by atoms with Crippen LogP contribution in [0, 0.1) is 23.1 Å². The van der Waals surface area contributed by atoms with Gasteiger partial charge in [0.15, 0.2) is 0 Å². The standard InChI is InChI=1S/C50H51ClF4N8O6/c1-48(2,3)17-39-49(24-58-34-16-38(50(53,54)55)57-18-32(34)49)41(31-6-5-7-33(51)42(31)52)43(44(56)65)63(39)35-11-8-25(15-37(35)69-4)46(67)61-21-27-19-60(20-28(27)22-61)29-9-10-30-26(14-29)23-62(47(30)68)36-12-13-40(64)59-45(36)66/h5-11,14-16,18,27-28,36,39,41,43,58H,12-13,17,19-24H2,1-4H3,(H2,56,65)(H,59,64,66)/t27-,28-,36?,39-,41-,43+,49-/m0/s1. The molecule has 0 aliphatic carbocycles. The quantitative estimate of drug-likeness (QED) is 0.131. The van der Waals surface area contributed by atoms with E-state index in [0.717, 1.165) is 17.3 Å². The first-order chi connectivity index (χ1) is 32.7. The number of hydrogen-bond donors (Lipinski definition) is 3. The summed E-state index contributed by atoms with van der Waals surface area (Å²) >= 11 is 6.41. The fourth-order valence-corrected chi connectivity index (χ4v) is 12.3. The minimum atomic E-state index is -4.74. The minimum absolute atomic E-state index is 0.00584. The number of likely N-dealkylation sites (tertiary alicyclic amines) is 1. The van der Waals surface area contributed by atoms with Crippen molar-refractivity contribution in [3.05, 3.63) is 111 Å². The lowest BCUT2D eigenvalue weighted by atomic mass is 9.63. The van der Waals surface area contributed by atoms with E-state index in [1.165, 1.54) is 30.3 Å². The Morgan fingerprint density at radius 3 is 2.39 bits per heavy atom. The minimum Gasteiger partial charge on any atom is -0.495 e. The number of nitrogens with one attached hydrogen (secondary N) is 2. The van der Waals surface area contributed by atoms with Crippen molar-refractivity contribution < 1.29 is 46.3 Å². The fourth-order valence-electron chi connectivity index (χ4n) is 12.2. The number of halogens is 5. The Balaban J connectivity index is 0.934. The molecule has 1 spiro atoms. The summed E-state index contributed by atoms with van der Waals surface area (Å²) in [7, 11) is 1.44. The van der Waals surface area contributed by atoms with Gasteiger partial charge in [-0.1, -0.05) is 44.5 Å². The van der Waals surface area contributed by atoms with Crippen LogP contribution in [0.2, 0.25) is 5.02 Å². The van der Waals surface area contributed by atoms with E-state index in [-0.39, 0.29) is 77.5 Å². The predicted octanol–water partition coefficient (Wildman–Crippen LogP) is 6.50. The summed E-state index contributed by atoms with van der Waals surface area (Å²) in [6.45, 7) is 8.61. The van der Waals surface area contributed by atoms with Crippen molar-refractivity contribution in [3.8, 4) is 5.75 Å². The number of piperidine rings is 1. The zero-order valence-corrected chi connectivity index (χ0v) is 39.1. The molecule has 3 aromatic carbocycles. The highest BCUT2D eigenvalue weighted by atomic mass is 35.5. The molecule has 0 saturated carbocycles. The summed E-state index contributed by atoms with van der Waals surface area (Å²) in [5.74, 6) is -3.38. The Morgan fingerprint density at radius 1 is 0.986 bits per heavy atom. The summed E-state index contributed by atoms with van der Waals surface area (Å²) in [6, 6.07) is 13.4. The maximum Gasteiger partial charge on any atom is 0.433 e. The lowest BCUT2D eigenvalue weighted by molar-refractivity contribution is -0.141. The normalized spacial score (nSPS) is 26.4. The number of anilines is 3. The van der Waals surface area contributed by atoms with Crippen LogP contribution in [0.25, 0.3) is 0 Å². The summed E-state index contributed by atoms with van der Waals surface area (Å²) in [5, 5.41) is 5.31. The zero-order chi connectivity index (χ0) is 49.1. The van der Waals surface area contributed by atoms with Crippen LogP contribution >= 0.6 is 11.6 Å². The number of hydrogen-bond acceptors (Lipinski definition) is 10. The van der Waals surface area contributed by atoms with Gasteiger partial charge in [-0.25, -0.2) is 4.39 Å². The Hall–Kier alpha value is -6.43. The van der Waals surface area contributed by atoms with Crippen LogP contribution in [-0.4, -0.2) is 102 Å². The van der Waals surface area contributed by atoms with Gasteiger partial charge >= 0.3 is 6.18 Å². The van der Waals surface area contributed by atoms with E-state index in [2.05, 4.69) is 20.5 Å². The van der Waals surface area contributed by atoms with Crippen LogP contribution in [-0.2, 0) is 32.5 Å². The zero-order valence-electron chi connectivity index (χ0n) is 38.3. The van der Waals surface area contributed by atoms with E-state index in [1.807, 2.05) is 37.8 Å². The molecular formula is C50H51ClF4N8O6. The number of benzene rings is 3. The third-order valence-electron chi connectivity index (χ3n) is 15.1. The number of carbonyl (C=O) groups excluding carboxylic acids is 5. The second-order valence-electron chi connectivity index (χ2n) is 20.4.